The lowest BCUT2D eigenvalue weighted by atomic mass is 10.0. The number of amides is 3. The number of hydrogen-bond donors (Lipinski definition) is 0. The van der Waals surface area contributed by atoms with Crippen LogP contribution in [0.2, 0.25) is 0 Å². The number of hydrogen-bond acceptors (Lipinski definition) is 7. The number of benzene rings is 2. The van der Waals surface area contributed by atoms with Gasteiger partial charge in [-0.2, -0.15) is 19.7 Å². The van der Waals surface area contributed by atoms with Crippen LogP contribution in [-0.2, 0) is 14.4 Å². The Morgan fingerprint density at radius 3 is 2.11 bits per heavy atom. The predicted octanol–water partition coefficient (Wildman–Crippen LogP) is 3.22. The van der Waals surface area contributed by atoms with E-state index in [0.717, 1.165) is 4.90 Å². The molecule has 0 aromatic heterocycles. The topological polar surface area (TPSA) is 116 Å². The minimum absolute atomic E-state index is 0.210. The van der Waals surface area contributed by atoms with Crippen molar-refractivity contribution < 1.29 is 23.9 Å². The molecule has 3 amide bonds. The maximum Gasteiger partial charge on any atom is 0.546 e. The number of carbonyl (C=O) groups is 2. The van der Waals surface area contributed by atoms with Crippen molar-refractivity contribution >= 4 is 41.2 Å². The van der Waals surface area contributed by atoms with Gasteiger partial charge < -0.3 is 0 Å². The summed E-state index contributed by atoms with van der Waals surface area (Å²) in [5.74, 6) is -0.976. The van der Waals surface area contributed by atoms with Gasteiger partial charge in [0.15, 0.2) is 0 Å². The molecule has 1 aliphatic heterocycles. The molecule has 2 aromatic rings. The fourth-order valence-corrected chi connectivity index (χ4v) is 2.96. The predicted molar refractivity (Wildman–Crippen MR) is 97.2 cm³/mol. The Balaban J connectivity index is 2.18. The molecule has 1 atom stereocenters. The number of isocyanates is 2. The number of aliphatic imine (C=N–C) groups is 2. The molecule has 0 spiro atoms. The standard InChI is InChI=1S/C19H13N4O5/c1-11-3-5-13(7-15(11)20-9-24)17-18(26)23(28)19(27)22(17)14-6-4-12(2)16(8-14)21-10-25/h3-8,17H,1-2H3/q+1. The van der Waals surface area contributed by atoms with Gasteiger partial charge in [0.05, 0.1) is 16.1 Å². The lowest BCUT2D eigenvalue weighted by Gasteiger charge is -2.15. The molecule has 3 rings (SSSR count). The highest BCUT2D eigenvalue weighted by Gasteiger charge is 2.57. The van der Waals surface area contributed by atoms with Crippen molar-refractivity contribution in [1.29, 1.82) is 0 Å². The highest BCUT2D eigenvalue weighted by molar-refractivity contribution is 6.05. The minimum atomic E-state index is -1.25. The molecule has 1 unspecified atom stereocenters. The fraction of sp³-hybridized carbons (Fsp3) is 0.158. The summed E-state index contributed by atoms with van der Waals surface area (Å²) < 4.78 is -0.226. The summed E-state index contributed by atoms with van der Waals surface area (Å²) in [7, 11) is 0. The summed E-state index contributed by atoms with van der Waals surface area (Å²) in [4.78, 5) is 66.4. The molecule has 1 heterocycles. The average molecular weight is 377 g/mol. The van der Waals surface area contributed by atoms with Gasteiger partial charge in [-0.1, -0.05) is 23.1 Å². The van der Waals surface area contributed by atoms with Gasteiger partial charge in [-0.3, -0.25) is 0 Å². The molecule has 2 aromatic carbocycles. The molecule has 0 saturated carbocycles. The highest BCUT2D eigenvalue weighted by Crippen LogP contribution is 2.37. The Morgan fingerprint density at radius 2 is 1.50 bits per heavy atom. The van der Waals surface area contributed by atoms with E-state index in [1.165, 1.54) is 30.4 Å². The minimum Gasteiger partial charge on any atom is -0.237 e. The zero-order valence-corrected chi connectivity index (χ0v) is 14.9. The van der Waals surface area contributed by atoms with Crippen molar-refractivity contribution in [1.82, 2.24) is 0 Å². The Bertz CT molecular complexity index is 1040. The van der Waals surface area contributed by atoms with Crippen molar-refractivity contribution in [2.75, 3.05) is 4.90 Å². The van der Waals surface area contributed by atoms with Crippen molar-refractivity contribution in [2.24, 2.45) is 9.98 Å². The molecule has 1 aliphatic rings. The second-order valence-electron chi connectivity index (χ2n) is 6.11. The van der Waals surface area contributed by atoms with E-state index in [4.69, 9.17) is 0 Å². The number of urea groups is 1. The SMILES string of the molecule is Cc1ccc(C2C(=O)[N+](=O)C(=O)N2c2ccc(C)c(N=C=O)c2)cc1N=C=O. The van der Waals surface area contributed by atoms with E-state index in [2.05, 4.69) is 9.98 Å². The number of anilines is 1. The van der Waals surface area contributed by atoms with Gasteiger partial charge in [-0.05, 0) is 37.1 Å². The van der Waals surface area contributed by atoms with Gasteiger partial charge >= 0.3 is 11.9 Å². The highest BCUT2D eigenvalue weighted by atomic mass is 16.3. The summed E-state index contributed by atoms with van der Waals surface area (Å²) in [6, 6.07) is 6.87. The van der Waals surface area contributed by atoms with Crippen molar-refractivity contribution in [2.45, 2.75) is 19.9 Å². The number of imide groups is 1. The molecule has 0 aliphatic carbocycles. The van der Waals surface area contributed by atoms with E-state index in [9.17, 15) is 24.1 Å². The maximum atomic E-state index is 12.5. The molecule has 0 bridgehead atoms. The van der Waals surface area contributed by atoms with E-state index < -0.39 is 18.0 Å². The van der Waals surface area contributed by atoms with Crippen LogP contribution in [0.5, 0.6) is 0 Å². The summed E-state index contributed by atoms with van der Waals surface area (Å²) in [6.07, 6.45) is 2.86. The van der Waals surface area contributed by atoms with Gasteiger partial charge in [0.25, 0.3) is 0 Å². The lowest BCUT2D eigenvalue weighted by Crippen LogP contribution is -2.28. The molecule has 1 saturated heterocycles. The van der Waals surface area contributed by atoms with Gasteiger partial charge in [-0.15, -0.1) is 0 Å². The first-order valence-corrected chi connectivity index (χ1v) is 8.10. The second kappa shape index (κ2) is 7.28. The third kappa shape index (κ3) is 3.07. The van der Waals surface area contributed by atoms with Gasteiger partial charge in [0, 0.05) is 11.6 Å². The van der Waals surface area contributed by atoms with E-state index in [1.807, 2.05) is 0 Å². The van der Waals surface area contributed by atoms with Crippen LogP contribution in [0, 0.1) is 18.8 Å². The normalized spacial score (nSPS) is 16.0. The summed E-state index contributed by atoms with van der Waals surface area (Å²) in [5.41, 5.74) is 2.35. The van der Waals surface area contributed by atoms with Crippen LogP contribution < -0.4 is 4.90 Å². The van der Waals surface area contributed by atoms with Gasteiger partial charge in [0.1, 0.15) is 5.69 Å². The monoisotopic (exact) mass is 377 g/mol. The molecule has 9 nitrogen and oxygen atoms in total. The van der Waals surface area contributed by atoms with Gasteiger partial charge in [-0.25, -0.2) is 14.4 Å². The Kier molecular flexibility index (Phi) is 4.87. The zero-order chi connectivity index (χ0) is 20.4. The number of rotatable bonds is 4. The molecule has 9 heteroatoms. The smallest absolute Gasteiger partial charge is 0.237 e. The molecule has 28 heavy (non-hydrogen) atoms. The summed E-state index contributed by atoms with van der Waals surface area (Å²) in [5, 5.41) is 0. The van der Waals surface area contributed by atoms with Crippen LogP contribution >= 0.6 is 0 Å². The molecular weight excluding hydrogens is 364 g/mol. The first-order valence-electron chi connectivity index (χ1n) is 8.10. The van der Waals surface area contributed by atoms with Crippen LogP contribution in [0.4, 0.5) is 21.9 Å². The van der Waals surface area contributed by atoms with Crippen LogP contribution in [0.1, 0.15) is 22.7 Å². The molecule has 0 radical (unpaired) electrons. The van der Waals surface area contributed by atoms with Gasteiger partial charge in [0.2, 0.25) is 18.2 Å². The Hall–Kier alpha value is -4.06. The molecule has 1 fully saturated rings. The fourth-order valence-electron chi connectivity index (χ4n) is 2.96. The van der Waals surface area contributed by atoms with E-state index in [1.54, 1.807) is 32.0 Å². The summed E-state index contributed by atoms with van der Waals surface area (Å²) in [6.45, 7) is 3.42. The number of nitroso groups, excluding NO2 is 1. The molecule has 0 N–H and O–H groups in total. The quantitative estimate of drug-likeness (QED) is 0.351. The zero-order valence-electron chi connectivity index (χ0n) is 14.9. The molecule has 138 valence electrons. The molecular formula is C19H13N4O5+. The average Bonchev–Trinajstić information content (AvgIpc) is 2.90. The maximum absolute atomic E-state index is 12.5. The number of nitrogens with zero attached hydrogens (tertiary/aromatic N) is 4. The number of aryl methyl sites for hydroxylation is 2. The Labute approximate surface area is 158 Å². The van der Waals surface area contributed by atoms with Crippen LogP contribution in [-0.4, -0.2) is 28.9 Å². The summed E-state index contributed by atoms with van der Waals surface area (Å²) >= 11 is 0. The van der Waals surface area contributed by atoms with E-state index >= 15 is 0 Å². The van der Waals surface area contributed by atoms with Crippen molar-refractivity contribution in [3.63, 3.8) is 0 Å². The van der Waals surface area contributed by atoms with Crippen LogP contribution in [0.3, 0.4) is 0 Å². The largest absolute Gasteiger partial charge is 0.546 e. The number of carbonyl (C=O) groups excluding carboxylic acids is 4. The van der Waals surface area contributed by atoms with E-state index in [0.29, 0.717) is 16.7 Å². The third-order valence-corrected chi connectivity index (χ3v) is 4.42. The Morgan fingerprint density at radius 1 is 0.929 bits per heavy atom. The lowest BCUT2D eigenvalue weighted by molar-refractivity contribution is -0.365. The van der Waals surface area contributed by atoms with Crippen LogP contribution in [0.15, 0.2) is 46.4 Å². The first kappa shape index (κ1) is 18.7. The second-order valence-corrected chi connectivity index (χ2v) is 6.11. The van der Waals surface area contributed by atoms with Crippen LogP contribution in [0.25, 0.3) is 0 Å². The van der Waals surface area contributed by atoms with Crippen molar-refractivity contribution in [3.8, 4) is 0 Å². The van der Waals surface area contributed by atoms with Crippen molar-refractivity contribution in [3.05, 3.63) is 58.0 Å². The van der Waals surface area contributed by atoms with E-state index in [-0.39, 0.29) is 21.8 Å². The first-order chi connectivity index (χ1) is 13.4. The third-order valence-electron chi connectivity index (χ3n) is 4.42.